The summed E-state index contributed by atoms with van der Waals surface area (Å²) in [6.07, 6.45) is 1.86. The number of nitrogens with two attached hydrogens (primary N) is 1. The van der Waals surface area contributed by atoms with Crippen molar-refractivity contribution in [3.8, 4) is 0 Å². The average molecular weight is 251 g/mol. The summed E-state index contributed by atoms with van der Waals surface area (Å²) in [5.74, 6) is -0.110. The number of thiocarbonyl (C=S) groups is 1. The molecule has 0 aromatic carbocycles. The Morgan fingerprint density at radius 3 is 2.60 bits per heavy atom. The fraction of sp³-hybridized carbons (Fsp3) is 0.875. The van der Waals surface area contributed by atoms with Gasteiger partial charge in [-0.2, -0.15) is 17.4 Å². The van der Waals surface area contributed by atoms with Crippen LogP contribution in [0.25, 0.3) is 0 Å². The van der Waals surface area contributed by atoms with Gasteiger partial charge in [0.1, 0.15) is 0 Å². The maximum absolute atomic E-state index is 11.7. The first-order chi connectivity index (χ1) is 6.83. The molecule has 0 bridgehead atoms. The van der Waals surface area contributed by atoms with Gasteiger partial charge in [0.15, 0.2) is 0 Å². The Kier molecular flexibility index (Phi) is 4.05. The Morgan fingerprint density at radius 2 is 2.20 bits per heavy atom. The molecule has 5 nitrogen and oxygen atoms in total. The molecule has 1 atom stereocenters. The fourth-order valence-corrected chi connectivity index (χ4v) is 2.41. The van der Waals surface area contributed by atoms with Crippen LogP contribution in [-0.4, -0.2) is 37.3 Å². The zero-order chi connectivity index (χ0) is 11.6. The maximum Gasteiger partial charge on any atom is 0.279 e. The van der Waals surface area contributed by atoms with Gasteiger partial charge in [0, 0.05) is 25.6 Å². The van der Waals surface area contributed by atoms with Gasteiger partial charge in [0.2, 0.25) is 0 Å². The summed E-state index contributed by atoms with van der Waals surface area (Å²) < 4.78 is 27.2. The Hall–Kier alpha value is -0.240. The molecule has 0 saturated heterocycles. The summed E-state index contributed by atoms with van der Waals surface area (Å²) in [6, 6.07) is 0.123. The van der Waals surface area contributed by atoms with Gasteiger partial charge in [0.25, 0.3) is 10.2 Å². The number of nitrogens with one attached hydrogen (secondary N) is 1. The molecule has 3 N–H and O–H groups in total. The molecule has 1 rings (SSSR count). The summed E-state index contributed by atoms with van der Waals surface area (Å²) >= 11 is 4.80. The lowest BCUT2D eigenvalue weighted by Gasteiger charge is -2.20. The van der Waals surface area contributed by atoms with Crippen LogP contribution in [0.2, 0.25) is 0 Å². The lowest BCUT2D eigenvalue weighted by Crippen LogP contribution is -2.42. The largest absolute Gasteiger partial charge is 0.393 e. The van der Waals surface area contributed by atoms with E-state index in [0.717, 1.165) is 12.8 Å². The quantitative estimate of drug-likeness (QED) is 0.643. The summed E-state index contributed by atoms with van der Waals surface area (Å²) in [5, 5.41) is 0. The van der Waals surface area contributed by atoms with E-state index in [1.165, 1.54) is 11.4 Å². The molecule has 88 valence electrons. The predicted molar refractivity (Wildman–Crippen MR) is 63.7 cm³/mol. The molecular weight excluding hydrogens is 234 g/mol. The van der Waals surface area contributed by atoms with Crippen molar-refractivity contribution in [1.82, 2.24) is 9.03 Å². The lowest BCUT2D eigenvalue weighted by molar-refractivity contribution is 0.435. The van der Waals surface area contributed by atoms with E-state index in [1.54, 1.807) is 0 Å². The van der Waals surface area contributed by atoms with Crippen LogP contribution < -0.4 is 10.5 Å². The van der Waals surface area contributed by atoms with Crippen molar-refractivity contribution in [2.24, 2.45) is 11.7 Å². The third-order valence-electron chi connectivity index (χ3n) is 2.32. The Bertz CT molecular complexity index is 338. The third-order valence-corrected chi connectivity index (χ3v) is 4.32. The minimum atomic E-state index is -3.36. The fourth-order valence-electron chi connectivity index (χ4n) is 1.08. The number of rotatable bonds is 6. The second kappa shape index (κ2) is 4.73. The first-order valence-corrected chi connectivity index (χ1v) is 6.70. The van der Waals surface area contributed by atoms with Crippen molar-refractivity contribution in [3.05, 3.63) is 0 Å². The van der Waals surface area contributed by atoms with Gasteiger partial charge in [-0.1, -0.05) is 19.1 Å². The summed E-state index contributed by atoms with van der Waals surface area (Å²) in [5.41, 5.74) is 5.43. The number of hydrogen-bond donors (Lipinski definition) is 2. The van der Waals surface area contributed by atoms with Crippen LogP contribution >= 0.6 is 12.2 Å². The molecule has 1 fully saturated rings. The molecule has 0 heterocycles. The van der Waals surface area contributed by atoms with Crippen LogP contribution in [0.1, 0.15) is 19.8 Å². The van der Waals surface area contributed by atoms with Crippen LogP contribution in [0, 0.1) is 5.92 Å². The molecule has 0 aromatic heterocycles. The second-order valence-electron chi connectivity index (χ2n) is 3.98. The first kappa shape index (κ1) is 12.8. The molecule has 0 spiro atoms. The van der Waals surface area contributed by atoms with Gasteiger partial charge in [0.05, 0.1) is 4.99 Å². The number of hydrogen-bond acceptors (Lipinski definition) is 3. The van der Waals surface area contributed by atoms with Gasteiger partial charge in [-0.25, -0.2) is 0 Å². The van der Waals surface area contributed by atoms with Crippen LogP contribution in [0.15, 0.2) is 0 Å². The average Bonchev–Trinajstić information content (AvgIpc) is 2.86. The maximum atomic E-state index is 11.7. The minimum absolute atomic E-state index is 0.110. The summed E-state index contributed by atoms with van der Waals surface area (Å²) in [7, 11) is -1.83. The number of nitrogens with zero attached hydrogens (tertiary/aromatic N) is 1. The molecule has 1 saturated carbocycles. The lowest BCUT2D eigenvalue weighted by atomic mass is 10.2. The molecule has 1 aliphatic rings. The van der Waals surface area contributed by atoms with E-state index in [-0.39, 0.29) is 12.0 Å². The van der Waals surface area contributed by atoms with Crippen molar-refractivity contribution in [2.75, 3.05) is 13.6 Å². The standard InChI is InChI=1S/C8H17N3O2S2/c1-6(8(9)14)5-11(2)15(12,13)10-7-3-4-7/h6-7,10H,3-5H2,1-2H3,(H2,9,14). The molecule has 0 amide bonds. The highest BCUT2D eigenvalue weighted by atomic mass is 32.2. The van der Waals surface area contributed by atoms with E-state index in [9.17, 15) is 8.42 Å². The molecule has 1 unspecified atom stereocenters. The van der Waals surface area contributed by atoms with E-state index in [2.05, 4.69) is 4.72 Å². The molecule has 15 heavy (non-hydrogen) atoms. The summed E-state index contributed by atoms with van der Waals surface area (Å²) in [4.78, 5) is 0.337. The highest BCUT2D eigenvalue weighted by molar-refractivity contribution is 7.87. The van der Waals surface area contributed by atoms with Crippen molar-refractivity contribution in [2.45, 2.75) is 25.8 Å². The predicted octanol–water partition coefficient (Wildman–Crippen LogP) is -0.163. The van der Waals surface area contributed by atoms with Crippen molar-refractivity contribution < 1.29 is 8.42 Å². The van der Waals surface area contributed by atoms with Gasteiger partial charge < -0.3 is 5.73 Å². The summed E-state index contributed by atoms with van der Waals surface area (Å²) in [6.45, 7) is 2.13. The first-order valence-electron chi connectivity index (χ1n) is 4.86. The third kappa shape index (κ3) is 4.02. The van der Waals surface area contributed by atoms with Crippen molar-refractivity contribution in [1.29, 1.82) is 0 Å². The zero-order valence-electron chi connectivity index (χ0n) is 8.93. The van der Waals surface area contributed by atoms with E-state index in [0.29, 0.717) is 11.5 Å². The van der Waals surface area contributed by atoms with Gasteiger partial charge in [-0.3, -0.25) is 0 Å². The van der Waals surface area contributed by atoms with E-state index >= 15 is 0 Å². The zero-order valence-corrected chi connectivity index (χ0v) is 10.6. The topological polar surface area (TPSA) is 75.4 Å². The van der Waals surface area contributed by atoms with Crippen LogP contribution in [0.3, 0.4) is 0 Å². The van der Waals surface area contributed by atoms with Gasteiger partial charge in [-0.05, 0) is 12.8 Å². The smallest absolute Gasteiger partial charge is 0.279 e. The second-order valence-corrected chi connectivity index (χ2v) is 6.26. The molecule has 7 heteroatoms. The normalized spacial score (nSPS) is 19.1. The Balaban J connectivity index is 2.50. The van der Waals surface area contributed by atoms with Crippen LogP contribution in [0.5, 0.6) is 0 Å². The molecule has 0 radical (unpaired) electrons. The van der Waals surface area contributed by atoms with Crippen LogP contribution in [0.4, 0.5) is 0 Å². The van der Waals surface area contributed by atoms with Gasteiger partial charge >= 0.3 is 0 Å². The highest BCUT2D eigenvalue weighted by Gasteiger charge is 2.29. The molecule has 0 aromatic rings. The van der Waals surface area contributed by atoms with Gasteiger partial charge in [-0.15, -0.1) is 0 Å². The molecule has 1 aliphatic carbocycles. The van der Waals surface area contributed by atoms with E-state index in [4.69, 9.17) is 18.0 Å². The molecule has 0 aliphatic heterocycles. The monoisotopic (exact) mass is 251 g/mol. The SMILES string of the molecule is CC(CN(C)S(=O)(=O)NC1CC1)C(N)=S. The van der Waals surface area contributed by atoms with E-state index in [1.807, 2.05) is 6.92 Å². The molecular formula is C8H17N3O2S2. The van der Waals surface area contributed by atoms with Crippen LogP contribution in [-0.2, 0) is 10.2 Å². The van der Waals surface area contributed by atoms with E-state index < -0.39 is 10.2 Å². The minimum Gasteiger partial charge on any atom is -0.393 e. The Labute approximate surface area is 96.2 Å². The highest BCUT2D eigenvalue weighted by Crippen LogP contribution is 2.20. The van der Waals surface area contributed by atoms with Crippen molar-refractivity contribution >= 4 is 27.4 Å². The van der Waals surface area contributed by atoms with Crippen molar-refractivity contribution in [3.63, 3.8) is 0 Å². The Morgan fingerprint density at radius 1 is 1.67 bits per heavy atom.